The maximum atomic E-state index is 13.2. The molecule has 1 N–H and O–H groups in total. The van der Waals surface area contributed by atoms with Gasteiger partial charge in [0.25, 0.3) is 5.91 Å². The number of sulfonamides is 1. The quantitative estimate of drug-likeness (QED) is 0.574. The van der Waals surface area contributed by atoms with E-state index in [4.69, 9.17) is 9.47 Å². The van der Waals surface area contributed by atoms with E-state index in [1.807, 2.05) is 43.3 Å². The summed E-state index contributed by atoms with van der Waals surface area (Å²) in [6.45, 7) is 5.93. The number of nitrogens with zero attached hydrogens (tertiary/aromatic N) is 1. The van der Waals surface area contributed by atoms with Gasteiger partial charge in [-0.15, -0.1) is 0 Å². The maximum absolute atomic E-state index is 13.2. The number of aryl methyl sites for hydroxylation is 3. The Morgan fingerprint density at radius 2 is 1.71 bits per heavy atom. The topological polar surface area (TPSA) is 102 Å². The Morgan fingerprint density at radius 1 is 1.06 bits per heavy atom. The molecule has 3 rings (SSSR count). The third-order valence-corrected chi connectivity index (χ3v) is 8.16. The Bertz CT molecular complexity index is 1130. The highest BCUT2D eigenvalue weighted by Gasteiger charge is 2.34. The van der Waals surface area contributed by atoms with E-state index in [1.54, 1.807) is 21.0 Å². The number of rotatable bonds is 8. The van der Waals surface area contributed by atoms with Crippen LogP contribution in [0.4, 0.5) is 0 Å². The van der Waals surface area contributed by atoms with Gasteiger partial charge >= 0.3 is 5.97 Å². The van der Waals surface area contributed by atoms with Gasteiger partial charge in [-0.25, -0.2) is 8.42 Å². The molecule has 0 saturated carbocycles. The van der Waals surface area contributed by atoms with Crippen LogP contribution in [0, 0.1) is 26.7 Å². The second-order valence-electron chi connectivity index (χ2n) is 8.64. The van der Waals surface area contributed by atoms with Crippen LogP contribution >= 0.6 is 0 Å². The van der Waals surface area contributed by atoms with Crippen LogP contribution in [0.3, 0.4) is 0 Å². The first kappa shape index (κ1) is 25.7. The second kappa shape index (κ2) is 11.0. The number of benzene rings is 2. The van der Waals surface area contributed by atoms with Crippen molar-refractivity contribution < 1.29 is 27.5 Å². The van der Waals surface area contributed by atoms with Gasteiger partial charge in [0.15, 0.2) is 6.61 Å². The number of carbonyl (C=O) groups excluding carboxylic acids is 2. The van der Waals surface area contributed by atoms with Gasteiger partial charge in [0.05, 0.1) is 17.9 Å². The summed E-state index contributed by atoms with van der Waals surface area (Å²) < 4.78 is 38.2. The zero-order chi connectivity index (χ0) is 24.9. The smallest absolute Gasteiger partial charge is 0.309 e. The summed E-state index contributed by atoms with van der Waals surface area (Å²) >= 11 is 0. The Kier molecular flexibility index (Phi) is 8.33. The Morgan fingerprint density at radius 3 is 2.32 bits per heavy atom. The number of nitrogens with one attached hydrogen (secondary N) is 1. The van der Waals surface area contributed by atoms with Crippen LogP contribution in [-0.4, -0.2) is 51.4 Å². The number of hydrogen-bond acceptors (Lipinski definition) is 6. The zero-order valence-electron chi connectivity index (χ0n) is 20.1. The van der Waals surface area contributed by atoms with Crippen LogP contribution in [-0.2, 0) is 30.9 Å². The standard InChI is InChI=1S/C25H32N2O6S/c1-17-12-18(2)24(19(3)13-17)34(30,31)27-10-8-21(9-11-27)25(29)33-16-23(28)26-15-20-6-5-7-22(14-20)32-4/h5-7,12-14,21H,8-11,15-16H2,1-4H3,(H,26,28). The fraction of sp³-hybridized carbons (Fsp3) is 0.440. The van der Waals surface area contributed by atoms with Gasteiger partial charge in [0, 0.05) is 19.6 Å². The van der Waals surface area contributed by atoms with Gasteiger partial charge in [0.2, 0.25) is 10.0 Å². The third kappa shape index (κ3) is 6.15. The lowest BCUT2D eigenvalue weighted by molar-refractivity contribution is -0.153. The summed E-state index contributed by atoms with van der Waals surface area (Å²) in [4.78, 5) is 24.9. The average Bonchev–Trinajstić information content (AvgIpc) is 2.80. The van der Waals surface area contributed by atoms with E-state index in [0.717, 1.165) is 22.3 Å². The molecule has 0 atom stereocenters. The summed E-state index contributed by atoms with van der Waals surface area (Å²) in [5.41, 5.74) is 3.33. The lowest BCUT2D eigenvalue weighted by Gasteiger charge is -2.31. The third-order valence-electron chi connectivity index (χ3n) is 5.96. The number of methoxy groups -OCH3 is 1. The fourth-order valence-electron chi connectivity index (χ4n) is 4.32. The van der Waals surface area contributed by atoms with E-state index in [9.17, 15) is 18.0 Å². The molecule has 1 heterocycles. The van der Waals surface area contributed by atoms with Crippen LogP contribution in [0.2, 0.25) is 0 Å². The highest BCUT2D eigenvalue weighted by atomic mass is 32.2. The van der Waals surface area contributed by atoms with Crippen molar-refractivity contribution in [2.75, 3.05) is 26.8 Å². The maximum Gasteiger partial charge on any atom is 0.309 e. The van der Waals surface area contributed by atoms with Crippen molar-refractivity contribution in [1.29, 1.82) is 0 Å². The molecule has 1 aliphatic heterocycles. The minimum Gasteiger partial charge on any atom is -0.497 e. The number of hydrogen-bond donors (Lipinski definition) is 1. The minimum absolute atomic E-state index is 0.233. The van der Waals surface area contributed by atoms with Crippen LogP contribution < -0.4 is 10.1 Å². The molecule has 2 aromatic rings. The number of ether oxygens (including phenoxy) is 2. The molecule has 0 radical (unpaired) electrons. The number of amides is 1. The van der Waals surface area contributed by atoms with Crippen molar-refractivity contribution in [3.8, 4) is 5.75 Å². The van der Waals surface area contributed by atoms with Crippen LogP contribution in [0.5, 0.6) is 5.75 Å². The number of esters is 1. The SMILES string of the molecule is COc1cccc(CNC(=O)COC(=O)C2CCN(S(=O)(=O)c3c(C)cc(C)cc3C)CC2)c1. The van der Waals surface area contributed by atoms with Gasteiger partial charge < -0.3 is 14.8 Å². The monoisotopic (exact) mass is 488 g/mol. The van der Waals surface area contributed by atoms with Gasteiger partial charge in [-0.05, 0) is 62.4 Å². The van der Waals surface area contributed by atoms with Crippen LogP contribution in [0.1, 0.15) is 35.1 Å². The molecule has 34 heavy (non-hydrogen) atoms. The molecule has 0 bridgehead atoms. The van der Waals surface area contributed by atoms with Crippen molar-refractivity contribution in [2.45, 2.75) is 45.1 Å². The van der Waals surface area contributed by atoms with E-state index < -0.39 is 27.8 Å². The summed E-state index contributed by atoms with van der Waals surface area (Å²) in [7, 11) is -2.07. The van der Waals surface area contributed by atoms with E-state index >= 15 is 0 Å². The predicted octanol–water partition coefficient (Wildman–Crippen LogP) is 2.88. The molecule has 8 nitrogen and oxygen atoms in total. The fourth-order valence-corrected chi connectivity index (χ4v) is 6.20. The minimum atomic E-state index is -3.65. The van der Waals surface area contributed by atoms with E-state index in [2.05, 4.69) is 5.32 Å². The number of carbonyl (C=O) groups is 2. The molecule has 1 aliphatic rings. The van der Waals surface area contributed by atoms with Crippen molar-refractivity contribution in [1.82, 2.24) is 9.62 Å². The van der Waals surface area contributed by atoms with Crippen LogP contribution in [0.25, 0.3) is 0 Å². The molecule has 184 valence electrons. The highest BCUT2D eigenvalue weighted by molar-refractivity contribution is 7.89. The summed E-state index contributed by atoms with van der Waals surface area (Å²) in [5.74, 6) is -0.616. The first-order valence-electron chi connectivity index (χ1n) is 11.3. The molecule has 2 aromatic carbocycles. The lowest BCUT2D eigenvalue weighted by Crippen LogP contribution is -2.41. The Balaban J connectivity index is 1.48. The van der Waals surface area contributed by atoms with Gasteiger partial charge in [-0.2, -0.15) is 4.31 Å². The van der Waals surface area contributed by atoms with Gasteiger partial charge in [0.1, 0.15) is 5.75 Å². The molecule has 1 amide bonds. The van der Waals surface area contributed by atoms with Crippen molar-refractivity contribution >= 4 is 21.9 Å². The van der Waals surface area contributed by atoms with E-state index in [1.165, 1.54) is 4.31 Å². The summed E-state index contributed by atoms with van der Waals surface area (Å²) in [6, 6.07) is 11.0. The molecule has 1 fully saturated rings. The zero-order valence-corrected chi connectivity index (χ0v) is 20.9. The van der Waals surface area contributed by atoms with Crippen molar-refractivity contribution in [3.05, 3.63) is 58.7 Å². The van der Waals surface area contributed by atoms with Crippen molar-refractivity contribution in [2.24, 2.45) is 5.92 Å². The van der Waals surface area contributed by atoms with E-state index in [0.29, 0.717) is 30.0 Å². The molecule has 1 saturated heterocycles. The molecule has 9 heteroatoms. The average molecular weight is 489 g/mol. The van der Waals surface area contributed by atoms with Gasteiger partial charge in [-0.1, -0.05) is 29.8 Å². The van der Waals surface area contributed by atoms with E-state index in [-0.39, 0.29) is 19.7 Å². The first-order chi connectivity index (χ1) is 16.1. The lowest BCUT2D eigenvalue weighted by atomic mass is 9.98. The molecular formula is C25H32N2O6S. The van der Waals surface area contributed by atoms with Crippen LogP contribution in [0.15, 0.2) is 41.3 Å². The highest BCUT2D eigenvalue weighted by Crippen LogP contribution is 2.29. The van der Waals surface area contributed by atoms with Crippen molar-refractivity contribution in [3.63, 3.8) is 0 Å². The Labute approximate surface area is 201 Å². The Hall–Kier alpha value is -2.91. The largest absolute Gasteiger partial charge is 0.497 e. The predicted molar refractivity (Wildman–Crippen MR) is 128 cm³/mol. The summed E-state index contributed by atoms with van der Waals surface area (Å²) in [6.07, 6.45) is 0.709. The van der Waals surface area contributed by atoms with Gasteiger partial charge in [-0.3, -0.25) is 9.59 Å². The molecule has 0 spiro atoms. The normalized spacial score (nSPS) is 15.1. The molecule has 0 aliphatic carbocycles. The molecule has 0 aromatic heterocycles. The molecular weight excluding hydrogens is 456 g/mol. The summed E-state index contributed by atoms with van der Waals surface area (Å²) in [5, 5.41) is 2.71. The number of piperidine rings is 1. The molecule has 0 unspecified atom stereocenters. The first-order valence-corrected chi connectivity index (χ1v) is 12.7. The second-order valence-corrected chi connectivity index (χ2v) is 10.5.